The van der Waals surface area contributed by atoms with Crippen LogP contribution in [-0.2, 0) is 19.5 Å². The summed E-state index contributed by atoms with van der Waals surface area (Å²) in [5.74, 6) is 0. The van der Waals surface area contributed by atoms with Crippen molar-refractivity contribution in [1.29, 1.82) is 0 Å². The maximum atomic E-state index is 4.45. The average Bonchev–Trinajstić information content (AvgIpc) is 2.71. The fourth-order valence-electron chi connectivity index (χ4n) is 2.86. The van der Waals surface area contributed by atoms with Gasteiger partial charge in [0.25, 0.3) is 0 Å². The summed E-state index contributed by atoms with van der Waals surface area (Å²) >= 11 is 0. The minimum atomic E-state index is 0. The van der Waals surface area contributed by atoms with Gasteiger partial charge in [-0.25, -0.2) is 0 Å². The topological polar surface area (TPSA) is 16.1 Å². The van der Waals surface area contributed by atoms with Crippen LogP contribution in [0.1, 0.15) is 0 Å². The molecule has 2 nitrogen and oxygen atoms in total. The van der Waals surface area contributed by atoms with E-state index in [0.29, 0.717) is 0 Å². The Morgan fingerprint density at radius 3 is 1.85 bits per heavy atom. The summed E-state index contributed by atoms with van der Waals surface area (Å²) in [6.07, 6.45) is 1.81. The van der Waals surface area contributed by atoms with E-state index in [4.69, 9.17) is 0 Å². The second-order valence-corrected chi connectivity index (χ2v) is 5.68. The van der Waals surface area contributed by atoms with E-state index in [2.05, 4.69) is 76.6 Å². The molecule has 3 heteroatoms. The van der Waals surface area contributed by atoms with Crippen molar-refractivity contribution in [3.8, 4) is 11.3 Å². The van der Waals surface area contributed by atoms with E-state index in [1.165, 1.54) is 0 Å². The monoisotopic (exact) mass is 424 g/mol. The predicted octanol–water partition coefficient (Wildman–Crippen LogP) is 6.02. The first-order valence-electron chi connectivity index (χ1n) is 8.25. The van der Waals surface area contributed by atoms with Gasteiger partial charge in [-0.15, -0.1) is 29.8 Å². The van der Waals surface area contributed by atoms with Gasteiger partial charge in [-0.3, -0.25) is 0 Å². The first-order valence-corrected chi connectivity index (χ1v) is 8.25. The number of nitrogens with zero attached hydrogens (tertiary/aromatic N) is 2. The second kappa shape index (κ2) is 8.55. The van der Waals surface area contributed by atoms with Crippen molar-refractivity contribution >= 4 is 17.1 Å². The SMILES string of the molecule is [Rh].[c-]1ccc(N(c2ccccc2)c2ccccc2)cc1-c1ccccn1. The molecule has 1 radical (unpaired) electrons. The number of anilines is 3. The van der Waals surface area contributed by atoms with Crippen molar-refractivity contribution in [3.05, 3.63) is 109 Å². The molecule has 0 bridgehead atoms. The molecule has 129 valence electrons. The van der Waals surface area contributed by atoms with Gasteiger partial charge >= 0.3 is 0 Å². The molecular weight excluding hydrogens is 407 g/mol. The number of hydrogen-bond acceptors (Lipinski definition) is 2. The Balaban J connectivity index is 0.00000196. The Hall–Kier alpha value is -2.77. The molecule has 4 aromatic rings. The third-order valence-electron chi connectivity index (χ3n) is 4.01. The smallest absolute Gasteiger partial charge is 0.0443 e. The summed E-state index contributed by atoms with van der Waals surface area (Å²) in [4.78, 5) is 6.68. The number of hydrogen-bond donors (Lipinski definition) is 0. The van der Waals surface area contributed by atoms with Gasteiger partial charge in [0.1, 0.15) is 0 Å². The fraction of sp³-hybridized carbons (Fsp3) is 0. The third-order valence-corrected chi connectivity index (χ3v) is 4.01. The number of pyridine rings is 1. The van der Waals surface area contributed by atoms with Gasteiger partial charge in [-0.1, -0.05) is 48.5 Å². The Morgan fingerprint density at radius 1 is 0.654 bits per heavy atom. The van der Waals surface area contributed by atoms with Crippen molar-refractivity contribution in [2.75, 3.05) is 4.90 Å². The first kappa shape index (κ1) is 18.0. The van der Waals surface area contributed by atoms with Gasteiger partial charge < -0.3 is 9.88 Å². The van der Waals surface area contributed by atoms with Crippen LogP contribution in [0.5, 0.6) is 0 Å². The molecule has 0 saturated heterocycles. The van der Waals surface area contributed by atoms with E-state index in [9.17, 15) is 0 Å². The second-order valence-electron chi connectivity index (χ2n) is 5.68. The molecule has 0 unspecified atom stereocenters. The van der Waals surface area contributed by atoms with E-state index in [0.717, 1.165) is 28.3 Å². The molecule has 0 spiro atoms. The van der Waals surface area contributed by atoms with E-state index < -0.39 is 0 Å². The van der Waals surface area contributed by atoms with Gasteiger partial charge in [-0.05, 0) is 41.7 Å². The van der Waals surface area contributed by atoms with Crippen LogP contribution in [0.25, 0.3) is 11.3 Å². The molecule has 0 aliphatic carbocycles. The van der Waals surface area contributed by atoms with Crippen LogP contribution in [0.3, 0.4) is 0 Å². The van der Waals surface area contributed by atoms with Crippen molar-refractivity contribution in [3.63, 3.8) is 0 Å². The maximum absolute atomic E-state index is 4.45. The zero-order chi connectivity index (χ0) is 16.9. The van der Waals surface area contributed by atoms with Gasteiger partial charge in [-0.2, -0.15) is 0 Å². The third kappa shape index (κ3) is 3.90. The molecule has 0 atom stereocenters. The molecule has 1 heterocycles. The summed E-state index contributed by atoms with van der Waals surface area (Å²) in [6.45, 7) is 0. The van der Waals surface area contributed by atoms with Gasteiger partial charge in [0, 0.05) is 37.0 Å². The van der Waals surface area contributed by atoms with E-state index in [1.54, 1.807) is 0 Å². The molecule has 4 rings (SSSR count). The maximum Gasteiger partial charge on any atom is 0.0443 e. The summed E-state index contributed by atoms with van der Waals surface area (Å²) < 4.78 is 0. The minimum Gasteiger partial charge on any atom is -0.328 e. The van der Waals surface area contributed by atoms with Crippen molar-refractivity contribution in [1.82, 2.24) is 4.98 Å². The van der Waals surface area contributed by atoms with Crippen LogP contribution in [-0.4, -0.2) is 4.98 Å². The number of rotatable bonds is 4. The van der Waals surface area contributed by atoms with Crippen molar-refractivity contribution < 1.29 is 19.5 Å². The summed E-state index contributed by atoms with van der Waals surface area (Å²) in [5, 5.41) is 0. The zero-order valence-corrected chi connectivity index (χ0v) is 15.7. The minimum absolute atomic E-state index is 0. The largest absolute Gasteiger partial charge is 0.328 e. The van der Waals surface area contributed by atoms with Gasteiger partial charge in [0.05, 0.1) is 0 Å². The van der Waals surface area contributed by atoms with Crippen molar-refractivity contribution in [2.45, 2.75) is 0 Å². The van der Waals surface area contributed by atoms with Crippen LogP contribution in [0, 0.1) is 6.07 Å². The molecule has 0 N–H and O–H groups in total. The molecule has 3 aromatic carbocycles. The molecule has 0 saturated carbocycles. The molecule has 0 aliphatic heterocycles. The summed E-state index contributed by atoms with van der Waals surface area (Å²) in [7, 11) is 0. The normalized spacial score (nSPS) is 10.0. The molecule has 26 heavy (non-hydrogen) atoms. The van der Waals surface area contributed by atoms with Crippen LogP contribution >= 0.6 is 0 Å². The summed E-state index contributed by atoms with van der Waals surface area (Å²) in [6, 6.07) is 36.1. The van der Waals surface area contributed by atoms with E-state index in [-0.39, 0.29) is 19.5 Å². The Morgan fingerprint density at radius 2 is 1.27 bits per heavy atom. The average molecular weight is 424 g/mol. The number of aromatic nitrogens is 1. The number of benzene rings is 3. The van der Waals surface area contributed by atoms with Crippen LogP contribution in [0.4, 0.5) is 17.1 Å². The molecule has 0 fully saturated rings. The van der Waals surface area contributed by atoms with Crippen LogP contribution < -0.4 is 4.90 Å². The predicted molar refractivity (Wildman–Crippen MR) is 103 cm³/mol. The van der Waals surface area contributed by atoms with Gasteiger partial charge in [0.15, 0.2) is 0 Å². The van der Waals surface area contributed by atoms with E-state index in [1.807, 2.05) is 42.6 Å². The van der Waals surface area contributed by atoms with E-state index >= 15 is 0 Å². The van der Waals surface area contributed by atoms with Crippen LogP contribution in [0.2, 0.25) is 0 Å². The first-order chi connectivity index (χ1) is 12.4. The fourth-order valence-corrected chi connectivity index (χ4v) is 2.86. The number of para-hydroxylation sites is 2. The Labute approximate surface area is 166 Å². The summed E-state index contributed by atoms with van der Waals surface area (Å²) in [5.41, 5.74) is 5.22. The Kier molecular flexibility index (Phi) is 5.93. The standard InChI is InChI=1S/C23H17N2.Rh/c1-3-11-20(12-4-1)25(21-13-5-2-6-14-21)22-15-9-10-19(18-22)23-16-7-8-17-24-23;/h1-9,11-18H;/q-1;. The molecule has 1 aromatic heterocycles. The molecular formula is C23H17N2Rh-. The molecule has 0 aliphatic rings. The Bertz CT molecular complexity index is 902. The van der Waals surface area contributed by atoms with Crippen molar-refractivity contribution in [2.24, 2.45) is 0 Å². The van der Waals surface area contributed by atoms with Crippen LogP contribution in [0.15, 0.2) is 103 Å². The molecule has 0 amide bonds. The zero-order valence-electron chi connectivity index (χ0n) is 14.0. The van der Waals surface area contributed by atoms with Gasteiger partial charge in [0.2, 0.25) is 0 Å². The quantitative estimate of drug-likeness (QED) is 0.294.